The van der Waals surface area contributed by atoms with Gasteiger partial charge < -0.3 is 5.73 Å². The van der Waals surface area contributed by atoms with Gasteiger partial charge in [0.25, 0.3) is 0 Å². The summed E-state index contributed by atoms with van der Waals surface area (Å²) in [4.78, 5) is 2.49. The van der Waals surface area contributed by atoms with Crippen molar-refractivity contribution in [2.75, 3.05) is 7.05 Å². The maximum Gasteiger partial charge on any atom is 0.0537 e. The normalized spacial score (nSPS) is 26.5. The second kappa shape index (κ2) is 5.85. The first-order valence-electron chi connectivity index (χ1n) is 7.11. The highest BCUT2D eigenvalue weighted by Gasteiger charge is 2.25. The smallest absolute Gasteiger partial charge is 0.0537 e. The fourth-order valence-electron chi connectivity index (χ4n) is 2.83. The zero-order valence-electron chi connectivity index (χ0n) is 11.8. The molecule has 1 aliphatic carbocycles. The quantitative estimate of drug-likeness (QED) is 0.891. The molecular formula is C14H26N4. The van der Waals surface area contributed by atoms with Crippen molar-refractivity contribution in [3.05, 3.63) is 18.0 Å². The standard InChI is InChI=1S/C14H26N4/c1-4-18-10-12(9-16-18)11(2)17(3)14-7-5-13(15)6-8-14/h9-11,13-14H,4-8,15H2,1-3H3. The largest absolute Gasteiger partial charge is 0.328 e. The molecule has 0 aromatic carbocycles. The van der Waals surface area contributed by atoms with E-state index in [1.165, 1.54) is 18.4 Å². The van der Waals surface area contributed by atoms with Crippen LogP contribution in [0.1, 0.15) is 51.1 Å². The van der Waals surface area contributed by atoms with Crippen molar-refractivity contribution in [3.8, 4) is 0 Å². The highest BCUT2D eigenvalue weighted by atomic mass is 15.3. The van der Waals surface area contributed by atoms with Gasteiger partial charge in [-0.25, -0.2) is 0 Å². The molecule has 18 heavy (non-hydrogen) atoms. The van der Waals surface area contributed by atoms with Crippen LogP contribution in [-0.2, 0) is 6.54 Å². The molecule has 1 heterocycles. The average Bonchev–Trinajstić information content (AvgIpc) is 2.86. The minimum absolute atomic E-state index is 0.424. The Labute approximate surface area is 110 Å². The zero-order chi connectivity index (χ0) is 13.1. The van der Waals surface area contributed by atoms with Gasteiger partial charge in [0.2, 0.25) is 0 Å². The maximum absolute atomic E-state index is 5.97. The summed E-state index contributed by atoms with van der Waals surface area (Å²) in [7, 11) is 2.23. The summed E-state index contributed by atoms with van der Waals surface area (Å²) >= 11 is 0. The predicted octanol–water partition coefficient (Wildman–Crippen LogP) is 2.17. The van der Waals surface area contributed by atoms with Crippen LogP contribution in [0.3, 0.4) is 0 Å². The summed E-state index contributed by atoms with van der Waals surface area (Å²) in [5.41, 5.74) is 7.29. The van der Waals surface area contributed by atoms with Crippen LogP contribution in [0.25, 0.3) is 0 Å². The van der Waals surface area contributed by atoms with Crippen LogP contribution >= 0.6 is 0 Å². The Hall–Kier alpha value is -0.870. The molecule has 1 fully saturated rings. The number of aromatic nitrogens is 2. The van der Waals surface area contributed by atoms with E-state index >= 15 is 0 Å². The molecule has 1 atom stereocenters. The van der Waals surface area contributed by atoms with Crippen LogP contribution in [0.4, 0.5) is 0 Å². The second-order valence-electron chi connectivity index (χ2n) is 5.54. The summed E-state index contributed by atoms with van der Waals surface area (Å²) in [6.07, 6.45) is 8.94. The van der Waals surface area contributed by atoms with Crippen molar-refractivity contribution in [3.63, 3.8) is 0 Å². The molecule has 0 aliphatic heterocycles. The molecule has 102 valence electrons. The summed E-state index contributed by atoms with van der Waals surface area (Å²) < 4.78 is 2.00. The van der Waals surface area contributed by atoms with Gasteiger partial charge in [-0.2, -0.15) is 5.10 Å². The van der Waals surface area contributed by atoms with Crippen LogP contribution < -0.4 is 5.73 Å². The van der Waals surface area contributed by atoms with E-state index in [1.807, 2.05) is 10.9 Å². The first-order valence-corrected chi connectivity index (χ1v) is 7.11. The Morgan fingerprint density at radius 2 is 2.11 bits per heavy atom. The van der Waals surface area contributed by atoms with Crippen molar-refractivity contribution >= 4 is 0 Å². The van der Waals surface area contributed by atoms with E-state index < -0.39 is 0 Å². The Morgan fingerprint density at radius 1 is 1.44 bits per heavy atom. The average molecular weight is 250 g/mol. The van der Waals surface area contributed by atoms with Gasteiger partial charge in [0.1, 0.15) is 0 Å². The highest BCUT2D eigenvalue weighted by molar-refractivity contribution is 5.10. The van der Waals surface area contributed by atoms with E-state index in [2.05, 4.69) is 37.1 Å². The lowest BCUT2D eigenvalue weighted by molar-refractivity contribution is 0.140. The molecule has 1 unspecified atom stereocenters. The number of nitrogens with zero attached hydrogens (tertiary/aromatic N) is 3. The molecule has 0 spiro atoms. The first-order chi connectivity index (χ1) is 8.61. The van der Waals surface area contributed by atoms with E-state index in [0.717, 1.165) is 19.4 Å². The van der Waals surface area contributed by atoms with E-state index in [1.54, 1.807) is 0 Å². The van der Waals surface area contributed by atoms with Crippen LogP contribution in [0, 0.1) is 0 Å². The molecule has 4 nitrogen and oxygen atoms in total. The molecule has 2 rings (SSSR count). The van der Waals surface area contributed by atoms with E-state index in [4.69, 9.17) is 5.73 Å². The molecule has 0 bridgehead atoms. The first kappa shape index (κ1) is 13.6. The second-order valence-corrected chi connectivity index (χ2v) is 5.54. The molecule has 1 saturated carbocycles. The van der Waals surface area contributed by atoms with E-state index in [0.29, 0.717) is 18.1 Å². The molecule has 0 amide bonds. The van der Waals surface area contributed by atoms with Crippen LogP contribution in [0.2, 0.25) is 0 Å². The Morgan fingerprint density at radius 3 is 2.67 bits per heavy atom. The monoisotopic (exact) mass is 250 g/mol. The van der Waals surface area contributed by atoms with Gasteiger partial charge in [0.15, 0.2) is 0 Å². The zero-order valence-corrected chi connectivity index (χ0v) is 11.8. The Kier molecular flexibility index (Phi) is 4.40. The van der Waals surface area contributed by atoms with E-state index in [-0.39, 0.29) is 0 Å². The lowest BCUT2D eigenvalue weighted by Crippen LogP contribution is -2.39. The number of hydrogen-bond acceptors (Lipinski definition) is 3. The molecular weight excluding hydrogens is 224 g/mol. The maximum atomic E-state index is 5.97. The molecule has 4 heteroatoms. The molecule has 0 saturated heterocycles. The van der Waals surface area contributed by atoms with Gasteiger partial charge >= 0.3 is 0 Å². The van der Waals surface area contributed by atoms with Crippen LogP contribution in [0.15, 0.2) is 12.4 Å². The SMILES string of the molecule is CCn1cc(C(C)N(C)C2CCC(N)CC2)cn1. The molecule has 1 aromatic rings. The fourth-order valence-corrected chi connectivity index (χ4v) is 2.83. The summed E-state index contributed by atoms with van der Waals surface area (Å²) in [6, 6.07) is 1.53. The lowest BCUT2D eigenvalue weighted by atomic mass is 9.90. The van der Waals surface area contributed by atoms with Crippen molar-refractivity contribution < 1.29 is 0 Å². The molecule has 1 aliphatic rings. The molecule has 0 radical (unpaired) electrons. The van der Waals surface area contributed by atoms with Crippen LogP contribution in [0.5, 0.6) is 0 Å². The van der Waals surface area contributed by atoms with Gasteiger partial charge in [-0.05, 0) is 46.6 Å². The van der Waals surface area contributed by atoms with Gasteiger partial charge in [0, 0.05) is 36.4 Å². The molecule has 1 aromatic heterocycles. The van der Waals surface area contributed by atoms with Gasteiger partial charge in [-0.3, -0.25) is 9.58 Å². The summed E-state index contributed by atoms with van der Waals surface area (Å²) in [5.74, 6) is 0. The third-order valence-electron chi connectivity index (χ3n) is 4.39. The lowest BCUT2D eigenvalue weighted by Gasteiger charge is -2.36. The summed E-state index contributed by atoms with van der Waals surface area (Å²) in [5, 5.41) is 4.37. The Balaban J connectivity index is 1.97. The number of nitrogens with two attached hydrogens (primary N) is 1. The number of aryl methyl sites for hydroxylation is 1. The van der Waals surface area contributed by atoms with Crippen molar-refractivity contribution in [1.82, 2.24) is 14.7 Å². The van der Waals surface area contributed by atoms with Gasteiger partial charge in [-0.15, -0.1) is 0 Å². The number of hydrogen-bond donors (Lipinski definition) is 1. The van der Waals surface area contributed by atoms with Crippen LogP contribution in [-0.4, -0.2) is 33.8 Å². The van der Waals surface area contributed by atoms with Crippen molar-refractivity contribution in [1.29, 1.82) is 0 Å². The number of rotatable bonds is 4. The minimum Gasteiger partial charge on any atom is -0.328 e. The van der Waals surface area contributed by atoms with Crippen molar-refractivity contribution in [2.24, 2.45) is 5.73 Å². The Bertz CT molecular complexity index is 366. The highest BCUT2D eigenvalue weighted by Crippen LogP contribution is 2.28. The van der Waals surface area contributed by atoms with Crippen molar-refractivity contribution in [2.45, 2.75) is 64.2 Å². The summed E-state index contributed by atoms with van der Waals surface area (Å²) in [6.45, 7) is 5.33. The topological polar surface area (TPSA) is 47.1 Å². The van der Waals surface area contributed by atoms with Gasteiger partial charge in [0.05, 0.1) is 6.20 Å². The van der Waals surface area contributed by atoms with Gasteiger partial charge in [-0.1, -0.05) is 0 Å². The minimum atomic E-state index is 0.424. The third kappa shape index (κ3) is 2.93. The molecule has 2 N–H and O–H groups in total. The predicted molar refractivity (Wildman–Crippen MR) is 74.3 cm³/mol. The third-order valence-corrected chi connectivity index (χ3v) is 4.39. The van der Waals surface area contributed by atoms with E-state index in [9.17, 15) is 0 Å². The fraction of sp³-hybridized carbons (Fsp3) is 0.786.